The van der Waals surface area contributed by atoms with E-state index >= 15 is 0 Å². The van der Waals surface area contributed by atoms with Crippen molar-refractivity contribution in [3.05, 3.63) is 18.0 Å². The minimum atomic E-state index is 0.390. The van der Waals surface area contributed by atoms with E-state index in [1.807, 2.05) is 17.9 Å². The SMILES string of the molecule is C[C@H](NCCCN(C)C)c1cnn(C)c1. The van der Waals surface area contributed by atoms with Gasteiger partial charge in [-0.2, -0.15) is 5.10 Å². The predicted octanol–water partition coefficient (Wildman–Crippen LogP) is 1.02. The van der Waals surface area contributed by atoms with Gasteiger partial charge in [0.2, 0.25) is 0 Å². The lowest BCUT2D eigenvalue weighted by atomic mass is 10.2. The highest BCUT2D eigenvalue weighted by Crippen LogP contribution is 2.09. The maximum atomic E-state index is 4.16. The molecular formula is C11H22N4. The first kappa shape index (κ1) is 12.2. The van der Waals surface area contributed by atoms with Crippen molar-refractivity contribution in [2.45, 2.75) is 19.4 Å². The summed E-state index contributed by atoms with van der Waals surface area (Å²) in [4.78, 5) is 2.20. The van der Waals surface area contributed by atoms with Crippen LogP contribution >= 0.6 is 0 Å². The van der Waals surface area contributed by atoms with Gasteiger partial charge in [0.1, 0.15) is 0 Å². The van der Waals surface area contributed by atoms with Gasteiger partial charge in [0.25, 0.3) is 0 Å². The molecule has 0 aliphatic rings. The molecule has 0 aliphatic heterocycles. The van der Waals surface area contributed by atoms with Crippen LogP contribution in [0.25, 0.3) is 0 Å². The fraction of sp³-hybridized carbons (Fsp3) is 0.727. The van der Waals surface area contributed by atoms with E-state index in [-0.39, 0.29) is 0 Å². The largest absolute Gasteiger partial charge is 0.310 e. The first-order chi connectivity index (χ1) is 7.09. The fourth-order valence-electron chi connectivity index (χ4n) is 1.50. The van der Waals surface area contributed by atoms with E-state index in [9.17, 15) is 0 Å². The maximum absolute atomic E-state index is 4.16. The molecule has 0 saturated heterocycles. The van der Waals surface area contributed by atoms with E-state index in [1.54, 1.807) is 0 Å². The van der Waals surface area contributed by atoms with Crippen molar-refractivity contribution >= 4 is 0 Å². The van der Waals surface area contributed by atoms with Crippen LogP contribution in [0.2, 0.25) is 0 Å². The third kappa shape index (κ3) is 4.44. The van der Waals surface area contributed by atoms with Gasteiger partial charge in [0.05, 0.1) is 6.20 Å². The molecule has 0 saturated carbocycles. The second kappa shape index (κ2) is 5.88. The second-order valence-electron chi connectivity index (χ2n) is 4.28. The Bertz CT molecular complexity index is 280. The summed E-state index contributed by atoms with van der Waals surface area (Å²) in [5.74, 6) is 0. The Hall–Kier alpha value is -0.870. The zero-order valence-corrected chi connectivity index (χ0v) is 10.2. The second-order valence-corrected chi connectivity index (χ2v) is 4.28. The van der Waals surface area contributed by atoms with Crippen molar-refractivity contribution < 1.29 is 0 Å². The Kier molecular flexibility index (Phi) is 4.78. The van der Waals surface area contributed by atoms with Crippen LogP contribution in [-0.4, -0.2) is 41.9 Å². The summed E-state index contributed by atoms with van der Waals surface area (Å²) in [5.41, 5.74) is 1.25. The van der Waals surface area contributed by atoms with Gasteiger partial charge in [0, 0.05) is 24.8 Å². The number of aromatic nitrogens is 2. The molecule has 15 heavy (non-hydrogen) atoms. The Labute approximate surface area is 92.3 Å². The molecule has 86 valence electrons. The van der Waals surface area contributed by atoms with Gasteiger partial charge in [-0.1, -0.05) is 0 Å². The highest BCUT2D eigenvalue weighted by Gasteiger charge is 2.05. The van der Waals surface area contributed by atoms with E-state index in [0.29, 0.717) is 6.04 Å². The lowest BCUT2D eigenvalue weighted by molar-refractivity contribution is 0.389. The highest BCUT2D eigenvalue weighted by molar-refractivity contribution is 5.08. The minimum absolute atomic E-state index is 0.390. The predicted molar refractivity (Wildman–Crippen MR) is 62.8 cm³/mol. The topological polar surface area (TPSA) is 33.1 Å². The smallest absolute Gasteiger partial charge is 0.0537 e. The van der Waals surface area contributed by atoms with Crippen LogP contribution in [0.1, 0.15) is 24.9 Å². The monoisotopic (exact) mass is 210 g/mol. The summed E-state index contributed by atoms with van der Waals surface area (Å²) in [7, 11) is 6.15. The van der Waals surface area contributed by atoms with Crippen LogP contribution < -0.4 is 5.32 Å². The fourth-order valence-corrected chi connectivity index (χ4v) is 1.50. The van der Waals surface area contributed by atoms with Gasteiger partial charge in [0.15, 0.2) is 0 Å². The van der Waals surface area contributed by atoms with Gasteiger partial charge in [-0.15, -0.1) is 0 Å². The Morgan fingerprint density at radius 2 is 2.27 bits per heavy atom. The molecule has 1 N–H and O–H groups in total. The standard InChI is InChI=1S/C11H22N4/c1-10(11-8-13-15(4)9-11)12-6-5-7-14(2)3/h8-10,12H,5-7H2,1-4H3/t10-/m0/s1. The maximum Gasteiger partial charge on any atom is 0.0537 e. The molecule has 1 aromatic heterocycles. The minimum Gasteiger partial charge on any atom is -0.310 e. The molecule has 0 amide bonds. The Morgan fingerprint density at radius 3 is 2.80 bits per heavy atom. The van der Waals surface area contributed by atoms with E-state index in [2.05, 4.69) is 42.5 Å². The zero-order valence-electron chi connectivity index (χ0n) is 10.2. The third-order valence-electron chi connectivity index (χ3n) is 2.46. The van der Waals surface area contributed by atoms with Crippen molar-refractivity contribution in [3.63, 3.8) is 0 Å². The van der Waals surface area contributed by atoms with Crippen LogP contribution in [0.15, 0.2) is 12.4 Å². The Morgan fingerprint density at radius 1 is 1.53 bits per heavy atom. The molecule has 1 aromatic rings. The molecule has 0 aliphatic carbocycles. The molecule has 0 fully saturated rings. The summed E-state index contributed by atoms with van der Waals surface area (Å²) in [5, 5.41) is 7.65. The molecule has 1 atom stereocenters. The number of nitrogens with one attached hydrogen (secondary N) is 1. The van der Waals surface area contributed by atoms with Gasteiger partial charge in [-0.3, -0.25) is 4.68 Å². The van der Waals surface area contributed by atoms with Crippen LogP contribution in [0.3, 0.4) is 0 Å². The van der Waals surface area contributed by atoms with Crippen molar-refractivity contribution in [3.8, 4) is 0 Å². The normalized spacial score (nSPS) is 13.4. The lowest BCUT2D eigenvalue weighted by Gasteiger charge is -2.13. The number of aryl methyl sites for hydroxylation is 1. The molecule has 4 heteroatoms. The quantitative estimate of drug-likeness (QED) is 0.712. The van der Waals surface area contributed by atoms with Gasteiger partial charge in [-0.05, 0) is 40.5 Å². The van der Waals surface area contributed by atoms with E-state index < -0.39 is 0 Å². The highest BCUT2D eigenvalue weighted by atomic mass is 15.2. The van der Waals surface area contributed by atoms with Crippen molar-refractivity contribution in [1.82, 2.24) is 20.0 Å². The van der Waals surface area contributed by atoms with Crippen LogP contribution in [0, 0.1) is 0 Å². The zero-order chi connectivity index (χ0) is 11.3. The van der Waals surface area contributed by atoms with Gasteiger partial charge in [-0.25, -0.2) is 0 Å². The third-order valence-corrected chi connectivity index (χ3v) is 2.46. The molecule has 0 radical (unpaired) electrons. The van der Waals surface area contributed by atoms with Crippen molar-refractivity contribution in [1.29, 1.82) is 0 Å². The summed E-state index contributed by atoms with van der Waals surface area (Å²) in [6.45, 7) is 4.35. The number of hydrogen-bond acceptors (Lipinski definition) is 3. The summed E-state index contributed by atoms with van der Waals surface area (Å²) >= 11 is 0. The Balaban J connectivity index is 2.21. The molecule has 0 bridgehead atoms. The lowest BCUT2D eigenvalue weighted by Crippen LogP contribution is -2.23. The van der Waals surface area contributed by atoms with Crippen molar-refractivity contribution in [2.24, 2.45) is 7.05 Å². The molecule has 0 aromatic carbocycles. The summed E-state index contributed by atoms with van der Waals surface area (Å²) in [6.07, 6.45) is 5.16. The van der Waals surface area contributed by atoms with E-state index in [0.717, 1.165) is 13.1 Å². The average molecular weight is 210 g/mol. The summed E-state index contributed by atoms with van der Waals surface area (Å²) in [6, 6.07) is 0.390. The number of nitrogens with zero attached hydrogens (tertiary/aromatic N) is 3. The van der Waals surface area contributed by atoms with Crippen molar-refractivity contribution in [2.75, 3.05) is 27.2 Å². The first-order valence-corrected chi connectivity index (χ1v) is 5.46. The molecule has 1 rings (SSSR count). The van der Waals surface area contributed by atoms with Gasteiger partial charge < -0.3 is 10.2 Å². The first-order valence-electron chi connectivity index (χ1n) is 5.46. The van der Waals surface area contributed by atoms with E-state index in [4.69, 9.17) is 0 Å². The molecule has 0 spiro atoms. The van der Waals surface area contributed by atoms with Crippen LogP contribution in [0.4, 0.5) is 0 Å². The van der Waals surface area contributed by atoms with Gasteiger partial charge >= 0.3 is 0 Å². The van der Waals surface area contributed by atoms with E-state index in [1.165, 1.54) is 12.0 Å². The average Bonchev–Trinajstić information content (AvgIpc) is 2.59. The number of hydrogen-bond donors (Lipinski definition) is 1. The van der Waals surface area contributed by atoms with Crippen LogP contribution in [-0.2, 0) is 7.05 Å². The summed E-state index contributed by atoms with van der Waals surface area (Å²) < 4.78 is 1.84. The molecule has 0 unspecified atom stereocenters. The molecular weight excluding hydrogens is 188 g/mol. The molecule has 4 nitrogen and oxygen atoms in total. The van der Waals surface area contributed by atoms with Crippen LogP contribution in [0.5, 0.6) is 0 Å². The number of rotatable bonds is 6. The molecule has 1 heterocycles.